The third-order valence-corrected chi connectivity index (χ3v) is 6.80. The summed E-state index contributed by atoms with van der Waals surface area (Å²) in [6.45, 7) is 4.38. The third-order valence-electron chi connectivity index (χ3n) is 6.80. The van der Waals surface area contributed by atoms with Crippen LogP contribution in [0.5, 0.6) is 0 Å². The number of benzene rings is 3. The number of fused-ring (bicyclic) bond motifs is 9. The van der Waals surface area contributed by atoms with Crippen LogP contribution >= 0.6 is 0 Å². The Balaban J connectivity index is 1.68. The highest BCUT2D eigenvalue weighted by molar-refractivity contribution is 6.18. The van der Waals surface area contributed by atoms with Crippen molar-refractivity contribution in [3.8, 4) is 5.82 Å². The van der Waals surface area contributed by atoms with Crippen molar-refractivity contribution < 1.29 is 0 Å². The largest absolute Gasteiger partial charge is 0.292 e. The molecule has 7 nitrogen and oxygen atoms in total. The fourth-order valence-corrected chi connectivity index (χ4v) is 5.25. The van der Waals surface area contributed by atoms with Gasteiger partial charge in [0.2, 0.25) is 0 Å². The molecule has 0 aliphatic carbocycles. The maximum absolute atomic E-state index is 5.18. The number of hydrogen-bond donors (Lipinski definition) is 0. The topological polar surface area (TPSA) is 82.3 Å². The fourth-order valence-electron chi connectivity index (χ4n) is 5.25. The molecule has 0 amide bonds. The molecular weight excluding hydrogens is 434 g/mol. The first kappa shape index (κ1) is 19.9. The number of aromatic nitrogens is 7. The number of rotatable bonds is 3. The summed E-state index contributed by atoms with van der Waals surface area (Å²) in [7, 11) is 0. The zero-order chi connectivity index (χ0) is 23.5. The van der Waals surface area contributed by atoms with Crippen LogP contribution in [0, 0.1) is 0 Å². The van der Waals surface area contributed by atoms with E-state index in [1.165, 1.54) is 32.9 Å². The van der Waals surface area contributed by atoms with E-state index in [2.05, 4.69) is 74.7 Å². The SMILES string of the molecule is CCc1cccc2c3cccc(CC)c3n(-c3cnc4c5nccnc5c5nccnc5c4n3)c12. The molecule has 7 rings (SSSR count). The van der Waals surface area contributed by atoms with E-state index in [1.54, 1.807) is 24.8 Å². The van der Waals surface area contributed by atoms with E-state index < -0.39 is 0 Å². The Bertz CT molecular complexity index is 1840. The summed E-state index contributed by atoms with van der Waals surface area (Å²) in [5.74, 6) is 0.759. The molecule has 4 heterocycles. The summed E-state index contributed by atoms with van der Waals surface area (Å²) >= 11 is 0. The Morgan fingerprint density at radius 2 is 1.03 bits per heavy atom. The maximum Gasteiger partial charge on any atom is 0.157 e. The molecule has 0 spiro atoms. The lowest BCUT2D eigenvalue weighted by atomic mass is 10.1. The second-order valence-corrected chi connectivity index (χ2v) is 8.60. The van der Waals surface area contributed by atoms with Crippen LogP contribution in [-0.4, -0.2) is 34.5 Å². The summed E-state index contributed by atoms with van der Waals surface area (Å²) in [6.07, 6.45) is 10.4. The lowest BCUT2D eigenvalue weighted by Crippen LogP contribution is -2.04. The molecule has 0 saturated heterocycles. The van der Waals surface area contributed by atoms with Crippen molar-refractivity contribution in [2.45, 2.75) is 26.7 Å². The first-order valence-electron chi connectivity index (χ1n) is 11.8. The Hall–Kier alpha value is -4.52. The van der Waals surface area contributed by atoms with Crippen molar-refractivity contribution in [2.24, 2.45) is 0 Å². The molecular formula is C28H21N7. The molecule has 0 radical (unpaired) electrons. The highest BCUT2D eigenvalue weighted by atomic mass is 15.1. The summed E-state index contributed by atoms with van der Waals surface area (Å²) < 4.78 is 2.28. The van der Waals surface area contributed by atoms with Crippen molar-refractivity contribution in [2.75, 3.05) is 0 Å². The molecule has 0 aliphatic rings. The van der Waals surface area contributed by atoms with Crippen LogP contribution in [0.25, 0.3) is 60.7 Å². The lowest BCUT2D eigenvalue weighted by Gasteiger charge is -2.13. The predicted octanol–water partition coefficient (Wildman–Crippen LogP) is 5.74. The van der Waals surface area contributed by atoms with Gasteiger partial charge in [-0.3, -0.25) is 24.5 Å². The number of hydrogen-bond acceptors (Lipinski definition) is 6. The van der Waals surface area contributed by atoms with Crippen molar-refractivity contribution in [3.05, 3.63) is 78.5 Å². The van der Waals surface area contributed by atoms with E-state index in [1.807, 2.05) is 6.20 Å². The van der Waals surface area contributed by atoms with Gasteiger partial charge in [0.05, 0.1) is 17.2 Å². The van der Waals surface area contributed by atoms with Crippen molar-refractivity contribution in [1.82, 2.24) is 34.5 Å². The number of para-hydroxylation sites is 2. The van der Waals surface area contributed by atoms with Crippen LogP contribution in [0.15, 0.2) is 67.4 Å². The summed E-state index contributed by atoms with van der Waals surface area (Å²) in [5.41, 5.74) is 8.98. The standard InChI is InChI=1S/C28H21N7/c1-3-16-7-5-9-18-19-10-6-8-17(4-2)28(19)35(27(16)18)20-15-33-25-23-21(29-11-12-31-23)22-24(26(25)34-20)32-14-13-30-22/h5-15H,3-4H2,1-2H3. The van der Waals surface area contributed by atoms with E-state index in [9.17, 15) is 0 Å². The minimum Gasteiger partial charge on any atom is -0.292 e. The van der Waals surface area contributed by atoms with Gasteiger partial charge in [0.25, 0.3) is 0 Å². The monoisotopic (exact) mass is 455 g/mol. The van der Waals surface area contributed by atoms with Gasteiger partial charge in [0.1, 0.15) is 33.1 Å². The molecule has 0 atom stereocenters. The molecule has 0 N–H and O–H groups in total. The van der Waals surface area contributed by atoms with Crippen molar-refractivity contribution in [3.63, 3.8) is 0 Å². The summed E-state index contributed by atoms with van der Waals surface area (Å²) in [4.78, 5) is 28.4. The lowest BCUT2D eigenvalue weighted by molar-refractivity contribution is 1.03. The van der Waals surface area contributed by atoms with Crippen LogP contribution in [0.3, 0.4) is 0 Å². The van der Waals surface area contributed by atoms with Crippen molar-refractivity contribution >= 4 is 54.9 Å². The minimum absolute atomic E-state index is 0.677. The Morgan fingerprint density at radius 1 is 0.571 bits per heavy atom. The van der Waals surface area contributed by atoms with Gasteiger partial charge >= 0.3 is 0 Å². The molecule has 0 aliphatic heterocycles. The molecule has 3 aromatic carbocycles. The van der Waals surface area contributed by atoms with E-state index >= 15 is 0 Å². The molecule has 4 aromatic heterocycles. The quantitative estimate of drug-likeness (QED) is 0.316. The van der Waals surface area contributed by atoms with Crippen LogP contribution in [-0.2, 0) is 12.8 Å². The van der Waals surface area contributed by atoms with Gasteiger partial charge in [0, 0.05) is 35.6 Å². The average Bonchev–Trinajstić information content (AvgIpc) is 3.28. The van der Waals surface area contributed by atoms with Crippen LogP contribution in [0.1, 0.15) is 25.0 Å². The van der Waals surface area contributed by atoms with E-state index in [0.29, 0.717) is 33.1 Å². The molecule has 0 bridgehead atoms. The van der Waals surface area contributed by atoms with E-state index in [-0.39, 0.29) is 0 Å². The van der Waals surface area contributed by atoms with Gasteiger partial charge in [-0.15, -0.1) is 0 Å². The molecule has 168 valence electrons. The van der Waals surface area contributed by atoms with Crippen molar-refractivity contribution in [1.29, 1.82) is 0 Å². The second kappa shape index (κ2) is 7.50. The molecule has 0 fully saturated rings. The Kier molecular flexibility index (Phi) is 4.26. The summed E-state index contributed by atoms with van der Waals surface area (Å²) in [5, 5.41) is 2.45. The molecule has 0 unspecified atom stereocenters. The normalized spacial score (nSPS) is 11.9. The number of aryl methyl sites for hydroxylation is 2. The van der Waals surface area contributed by atoms with Gasteiger partial charge < -0.3 is 0 Å². The Morgan fingerprint density at radius 3 is 1.51 bits per heavy atom. The van der Waals surface area contributed by atoms with Gasteiger partial charge in [0.15, 0.2) is 5.82 Å². The van der Waals surface area contributed by atoms with E-state index in [0.717, 1.165) is 18.7 Å². The van der Waals surface area contributed by atoms with Gasteiger partial charge in [-0.25, -0.2) is 9.97 Å². The minimum atomic E-state index is 0.677. The smallest absolute Gasteiger partial charge is 0.157 e. The van der Waals surface area contributed by atoms with Crippen LogP contribution in [0.4, 0.5) is 0 Å². The zero-order valence-electron chi connectivity index (χ0n) is 19.4. The zero-order valence-corrected chi connectivity index (χ0v) is 19.4. The number of nitrogens with zero attached hydrogens (tertiary/aromatic N) is 7. The second-order valence-electron chi connectivity index (χ2n) is 8.60. The highest BCUT2D eigenvalue weighted by Crippen LogP contribution is 2.36. The first-order valence-corrected chi connectivity index (χ1v) is 11.8. The average molecular weight is 456 g/mol. The molecule has 35 heavy (non-hydrogen) atoms. The van der Waals surface area contributed by atoms with Gasteiger partial charge in [-0.1, -0.05) is 50.2 Å². The molecule has 7 aromatic rings. The Labute approximate surface area is 200 Å². The highest BCUT2D eigenvalue weighted by Gasteiger charge is 2.20. The molecule has 0 saturated carbocycles. The predicted molar refractivity (Wildman–Crippen MR) is 139 cm³/mol. The van der Waals surface area contributed by atoms with E-state index in [4.69, 9.17) is 9.97 Å². The van der Waals surface area contributed by atoms with Gasteiger partial charge in [-0.05, 0) is 24.0 Å². The maximum atomic E-state index is 5.18. The fraction of sp³-hybridized carbons (Fsp3) is 0.143. The molecule has 7 heteroatoms. The van der Waals surface area contributed by atoms with Crippen LogP contribution < -0.4 is 0 Å². The van der Waals surface area contributed by atoms with Crippen LogP contribution in [0.2, 0.25) is 0 Å². The summed E-state index contributed by atoms with van der Waals surface area (Å²) in [6, 6.07) is 13.1. The third kappa shape index (κ3) is 2.72. The first-order chi connectivity index (χ1) is 17.3. The van der Waals surface area contributed by atoms with Gasteiger partial charge in [-0.2, -0.15) is 0 Å².